The quantitative estimate of drug-likeness (QED) is 0.375. The minimum Gasteiger partial charge on any atom is -0.281 e. The summed E-state index contributed by atoms with van der Waals surface area (Å²) in [4.78, 5) is 0. The van der Waals surface area contributed by atoms with E-state index in [1.54, 1.807) is 0 Å². The summed E-state index contributed by atoms with van der Waals surface area (Å²) >= 11 is 0. The summed E-state index contributed by atoms with van der Waals surface area (Å²) in [5, 5.41) is -5.99. The lowest BCUT2D eigenvalue weighted by atomic mass is 10.0. The van der Waals surface area contributed by atoms with Crippen LogP contribution in [0.4, 0.5) is 35.1 Å². The molecule has 0 heterocycles. The zero-order valence-corrected chi connectivity index (χ0v) is 11.8. The molecule has 0 saturated heterocycles. The number of hydrogen-bond donors (Lipinski definition) is 1. The van der Waals surface area contributed by atoms with Gasteiger partial charge in [-0.1, -0.05) is 19.3 Å². The van der Waals surface area contributed by atoms with Crippen molar-refractivity contribution in [1.29, 1.82) is 0 Å². The van der Waals surface area contributed by atoms with Gasteiger partial charge in [0.25, 0.3) is 0 Å². The maximum absolute atomic E-state index is 13.1. The lowest BCUT2D eigenvalue weighted by molar-refractivity contribution is -0.198. The first-order valence-corrected chi connectivity index (χ1v) is 7.50. The summed E-state index contributed by atoms with van der Waals surface area (Å²) in [6.45, 7) is 0. The van der Waals surface area contributed by atoms with Crippen molar-refractivity contribution in [2.24, 2.45) is 0 Å². The van der Waals surface area contributed by atoms with Crippen molar-refractivity contribution in [3.05, 3.63) is 0 Å². The van der Waals surface area contributed by atoms with Crippen LogP contribution in [0.25, 0.3) is 0 Å². The van der Waals surface area contributed by atoms with Crippen molar-refractivity contribution in [2.45, 2.75) is 62.0 Å². The van der Waals surface area contributed by atoms with Gasteiger partial charge in [-0.2, -0.15) is 39.2 Å². The molecule has 0 aliphatic rings. The molecule has 1 N–H and O–H groups in total. The molecule has 12 heteroatoms. The van der Waals surface area contributed by atoms with E-state index in [2.05, 4.69) is 0 Å². The van der Waals surface area contributed by atoms with Gasteiger partial charge in [0.1, 0.15) is 0 Å². The molecule has 1 atom stereocenters. The van der Waals surface area contributed by atoms with Gasteiger partial charge in [0.2, 0.25) is 0 Å². The SMILES string of the molecule is O=S(=O)(O)C(F)(F)C(F)(F)C(F)CCCCCCC(F)(F)F. The van der Waals surface area contributed by atoms with Crippen LogP contribution in [0.1, 0.15) is 38.5 Å². The lowest BCUT2D eigenvalue weighted by Crippen LogP contribution is -2.52. The topological polar surface area (TPSA) is 54.4 Å². The zero-order valence-electron chi connectivity index (χ0n) is 11.0. The van der Waals surface area contributed by atoms with E-state index in [1.807, 2.05) is 0 Å². The highest BCUT2D eigenvalue weighted by Gasteiger charge is 2.69. The normalized spacial score (nSPS) is 15.9. The lowest BCUT2D eigenvalue weighted by Gasteiger charge is -2.26. The van der Waals surface area contributed by atoms with E-state index in [0.29, 0.717) is 0 Å². The number of unbranched alkanes of at least 4 members (excludes halogenated alkanes) is 3. The molecule has 1 unspecified atom stereocenters. The third kappa shape index (κ3) is 5.86. The van der Waals surface area contributed by atoms with Gasteiger partial charge in [-0.05, 0) is 12.8 Å². The van der Waals surface area contributed by atoms with Crippen LogP contribution in [0, 0.1) is 0 Å². The standard InChI is InChI=1S/C10H14F8O3S/c11-7(5-3-1-2-4-6-8(12,13)14)9(15,16)10(17,18)22(19,20)21/h7H,1-6H2,(H,19,20,21). The molecular weight excluding hydrogens is 352 g/mol. The number of hydrogen-bond acceptors (Lipinski definition) is 2. The summed E-state index contributed by atoms with van der Waals surface area (Å²) < 4.78 is 128. The molecule has 0 amide bonds. The summed E-state index contributed by atoms with van der Waals surface area (Å²) in [7, 11) is -6.51. The maximum atomic E-state index is 13.1. The number of rotatable bonds is 9. The molecule has 0 bridgehead atoms. The van der Waals surface area contributed by atoms with Gasteiger partial charge in [0.05, 0.1) is 0 Å². The predicted molar refractivity (Wildman–Crippen MR) is 60.1 cm³/mol. The maximum Gasteiger partial charge on any atom is 0.434 e. The number of halogens is 8. The minimum absolute atomic E-state index is 0.0769. The second-order valence-corrected chi connectivity index (χ2v) is 6.11. The Hall–Kier alpha value is -0.650. The Labute approximate surface area is 121 Å². The second kappa shape index (κ2) is 7.28. The molecule has 0 aliphatic heterocycles. The van der Waals surface area contributed by atoms with Crippen LogP contribution in [-0.4, -0.2) is 36.5 Å². The van der Waals surface area contributed by atoms with Crippen LogP contribution in [0.15, 0.2) is 0 Å². The third-order valence-corrected chi connectivity index (χ3v) is 3.69. The van der Waals surface area contributed by atoms with Gasteiger partial charge in [-0.25, -0.2) is 4.39 Å². The van der Waals surface area contributed by atoms with Crippen LogP contribution < -0.4 is 0 Å². The first kappa shape index (κ1) is 21.4. The average molecular weight is 366 g/mol. The monoisotopic (exact) mass is 366 g/mol. The summed E-state index contributed by atoms with van der Waals surface area (Å²) in [6.07, 6.45) is -11.2. The Balaban J connectivity index is 4.35. The second-order valence-electron chi connectivity index (χ2n) is 4.65. The molecular formula is C10H14F8O3S. The van der Waals surface area contributed by atoms with Crippen molar-refractivity contribution in [3.63, 3.8) is 0 Å². The largest absolute Gasteiger partial charge is 0.434 e. The molecule has 0 saturated carbocycles. The van der Waals surface area contributed by atoms with E-state index >= 15 is 0 Å². The Morgan fingerprint density at radius 1 is 0.864 bits per heavy atom. The van der Waals surface area contributed by atoms with Crippen molar-refractivity contribution in [2.75, 3.05) is 0 Å². The van der Waals surface area contributed by atoms with Crippen LogP contribution in [0.5, 0.6) is 0 Å². The van der Waals surface area contributed by atoms with Gasteiger partial charge in [0.15, 0.2) is 6.17 Å². The first-order valence-electron chi connectivity index (χ1n) is 6.06. The summed E-state index contributed by atoms with van der Waals surface area (Å²) in [5.41, 5.74) is 0. The third-order valence-electron chi connectivity index (χ3n) is 2.77. The highest BCUT2D eigenvalue weighted by Crippen LogP contribution is 2.43. The molecule has 0 aromatic rings. The van der Waals surface area contributed by atoms with Gasteiger partial charge in [-0.15, -0.1) is 0 Å². The molecule has 0 radical (unpaired) electrons. The van der Waals surface area contributed by atoms with Crippen molar-refractivity contribution in [1.82, 2.24) is 0 Å². The fourth-order valence-corrected chi connectivity index (χ4v) is 2.01. The van der Waals surface area contributed by atoms with E-state index in [1.165, 1.54) is 0 Å². The molecule has 0 aromatic carbocycles. The van der Waals surface area contributed by atoms with Crippen molar-refractivity contribution in [3.8, 4) is 0 Å². The summed E-state index contributed by atoms with van der Waals surface area (Å²) in [5.74, 6) is -5.65. The molecule has 0 aliphatic carbocycles. The van der Waals surface area contributed by atoms with Crippen molar-refractivity contribution < 1.29 is 48.1 Å². The van der Waals surface area contributed by atoms with Gasteiger partial charge in [-0.3, -0.25) is 4.55 Å². The van der Waals surface area contributed by atoms with E-state index in [0.717, 1.165) is 0 Å². The smallest absolute Gasteiger partial charge is 0.281 e. The van der Waals surface area contributed by atoms with Crippen LogP contribution >= 0.6 is 0 Å². The Morgan fingerprint density at radius 3 is 1.73 bits per heavy atom. The molecule has 0 rings (SSSR count). The zero-order chi connectivity index (χ0) is 17.8. The van der Waals surface area contributed by atoms with E-state index in [9.17, 15) is 43.5 Å². The Bertz CT molecular complexity index is 446. The number of alkyl halides is 8. The average Bonchev–Trinajstić information content (AvgIpc) is 2.30. The first-order chi connectivity index (χ1) is 9.63. The fraction of sp³-hybridized carbons (Fsp3) is 1.00. The molecule has 0 spiro atoms. The van der Waals surface area contributed by atoms with E-state index in [-0.39, 0.29) is 19.3 Å². The van der Waals surface area contributed by atoms with Crippen LogP contribution in [0.2, 0.25) is 0 Å². The van der Waals surface area contributed by atoms with Gasteiger partial charge in [0, 0.05) is 6.42 Å². The minimum atomic E-state index is -6.51. The molecule has 0 fully saturated rings. The van der Waals surface area contributed by atoms with Crippen LogP contribution in [0.3, 0.4) is 0 Å². The molecule has 3 nitrogen and oxygen atoms in total. The van der Waals surface area contributed by atoms with Gasteiger partial charge < -0.3 is 0 Å². The fourth-order valence-electron chi connectivity index (χ4n) is 1.54. The Kier molecular flexibility index (Phi) is 7.07. The molecule has 0 aromatic heterocycles. The molecule has 22 heavy (non-hydrogen) atoms. The van der Waals surface area contributed by atoms with Crippen LogP contribution in [-0.2, 0) is 10.1 Å². The summed E-state index contributed by atoms with van der Waals surface area (Å²) in [6, 6.07) is 0. The van der Waals surface area contributed by atoms with Crippen molar-refractivity contribution >= 4 is 10.1 Å². The highest BCUT2D eigenvalue weighted by atomic mass is 32.2. The van der Waals surface area contributed by atoms with E-state index < -0.39 is 52.9 Å². The van der Waals surface area contributed by atoms with E-state index in [4.69, 9.17) is 4.55 Å². The Morgan fingerprint density at radius 2 is 1.32 bits per heavy atom. The highest BCUT2D eigenvalue weighted by molar-refractivity contribution is 7.87. The van der Waals surface area contributed by atoms with Gasteiger partial charge >= 0.3 is 27.5 Å². The predicted octanol–water partition coefficient (Wildman–Crippen LogP) is 4.34. The molecule has 134 valence electrons.